The summed E-state index contributed by atoms with van der Waals surface area (Å²) in [6.45, 7) is 2.05. The second-order valence-electron chi connectivity index (χ2n) is 6.02. The van der Waals surface area contributed by atoms with Gasteiger partial charge in [0.15, 0.2) is 0 Å². The smallest absolute Gasteiger partial charge is 0.230 e. The van der Waals surface area contributed by atoms with Gasteiger partial charge in [-0.2, -0.15) is 0 Å². The number of hydrogen-bond acceptors (Lipinski definition) is 2. The molecule has 120 valence electrons. The van der Waals surface area contributed by atoms with Crippen LogP contribution < -0.4 is 10.6 Å². The molecule has 1 aromatic carbocycles. The molecule has 2 amide bonds. The van der Waals surface area contributed by atoms with Crippen molar-refractivity contribution in [1.82, 2.24) is 10.6 Å². The van der Waals surface area contributed by atoms with Crippen LogP contribution in [0.25, 0.3) is 0 Å². The summed E-state index contributed by atoms with van der Waals surface area (Å²) < 4.78 is 13.5. The number of hydrogen-bond donors (Lipinski definition) is 2. The first-order valence-corrected chi connectivity index (χ1v) is 7.75. The van der Waals surface area contributed by atoms with Gasteiger partial charge >= 0.3 is 0 Å². The van der Waals surface area contributed by atoms with Gasteiger partial charge in [0.2, 0.25) is 11.8 Å². The molecule has 0 radical (unpaired) electrons. The normalized spacial score (nSPS) is 17.8. The second kappa shape index (κ2) is 6.90. The SMILES string of the molecule is CNC(=O)[C@@H](C)CNC(=O)C1(c2cccc(F)c2)CCCC1. The van der Waals surface area contributed by atoms with E-state index in [-0.39, 0.29) is 30.1 Å². The van der Waals surface area contributed by atoms with Gasteiger partial charge in [-0.3, -0.25) is 9.59 Å². The molecule has 1 atom stereocenters. The summed E-state index contributed by atoms with van der Waals surface area (Å²) in [6.07, 6.45) is 3.34. The second-order valence-corrected chi connectivity index (χ2v) is 6.02. The number of nitrogens with one attached hydrogen (secondary N) is 2. The molecule has 1 aliphatic carbocycles. The molecule has 2 rings (SSSR count). The van der Waals surface area contributed by atoms with Gasteiger partial charge in [-0.05, 0) is 30.5 Å². The molecule has 22 heavy (non-hydrogen) atoms. The van der Waals surface area contributed by atoms with Crippen LogP contribution in [-0.4, -0.2) is 25.4 Å². The molecule has 0 heterocycles. The van der Waals surface area contributed by atoms with Crippen LogP contribution in [-0.2, 0) is 15.0 Å². The summed E-state index contributed by atoms with van der Waals surface area (Å²) in [5, 5.41) is 5.44. The number of benzene rings is 1. The Kier molecular flexibility index (Phi) is 5.16. The number of carbonyl (C=O) groups is 2. The Morgan fingerprint density at radius 3 is 2.59 bits per heavy atom. The van der Waals surface area contributed by atoms with E-state index in [2.05, 4.69) is 10.6 Å². The topological polar surface area (TPSA) is 58.2 Å². The van der Waals surface area contributed by atoms with Crippen molar-refractivity contribution in [3.8, 4) is 0 Å². The summed E-state index contributed by atoms with van der Waals surface area (Å²) in [5.74, 6) is -0.826. The Bertz CT molecular complexity index is 553. The zero-order chi connectivity index (χ0) is 16.2. The van der Waals surface area contributed by atoms with Crippen molar-refractivity contribution in [3.63, 3.8) is 0 Å². The van der Waals surface area contributed by atoms with Crippen LogP contribution >= 0.6 is 0 Å². The number of rotatable bonds is 5. The number of amides is 2. The van der Waals surface area contributed by atoms with Crippen molar-refractivity contribution in [2.75, 3.05) is 13.6 Å². The fraction of sp³-hybridized carbons (Fsp3) is 0.529. The van der Waals surface area contributed by atoms with Gasteiger partial charge in [-0.25, -0.2) is 4.39 Å². The predicted octanol–water partition coefficient (Wildman–Crippen LogP) is 2.14. The van der Waals surface area contributed by atoms with Crippen molar-refractivity contribution >= 4 is 11.8 Å². The fourth-order valence-electron chi connectivity index (χ4n) is 3.17. The van der Waals surface area contributed by atoms with Crippen LogP contribution in [0.5, 0.6) is 0 Å². The quantitative estimate of drug-likeness (QED) is 0.875. The summed E-state index contributed by atoms with van der Waals surface area (Å²) >= 11 is 0. The van der Waals surface area contributed by atoms with Crippen molar-refractivity contribution in [1.29, 1.82) is 0 Å². The molecule has 0 spiro atoms. The average Bonchev–Trinajstić information content (AvgIpc) is 3.02. The molecular formula is C17H23FN2O2. The van der Waals surface area contributed by atoms with E-state index in [1.54, 1.807) is 20.0 Å². The van der Waals surface area contributed by atoms with E-state index < -0.39 is 5.41 Å². The van der Waals surface area contributed by atoms with E-state index >= 15 is 0 Å². The lowest BCUT2D eigenvalue weighted by Crippen LogP contribution is -2.45. The predicted molar refractivity (Wildman–Crippen MR) is 82.8 cm³/mol. The number of halogens is 1. The van der Waals surface area contributed by atoms with E-state index in [4.69, 9.17) is 0 Å². The van der Waals surface area contributed by atoms with Crippen molar-refractivity contribution in [2.24, 2.45) is 5.92 Å². The first-order valence-electron chi connectivity index (χ1n) is 7.75. The summed E-state index contributed by atoms with van der Waals surface area (Å²) in [7, 11) is 1.58. The van der Waals surface area contributed by atoms with Crippen LogP contribution in [0.3, 0.4) is 0 Å². The largest absolute Gasteiger partial charge is 0.359 e. The minimum absolute atomic E-state index is 0.105. The highest BCUT2D eigenvalue weighted by Crippen LogP contribution is 2.41. The van der Waals surface area contributed by atoms with Crippen molar-refractivity contribution in [2.45, 2.75) is 38.0 Å². The van der Waals surface area contributed by atoms with Gasteiger partial charge in [-0.15, -0.1) is 0 Å². The monoisotopic (exact) mass is 306 g/mol. The Balaban J connectivity index is 2.14. The lowest BCUT2D eigenvalue weighted by atomic mass is 9.78. The van der Waals surface area contributed by atoms with E-state index in [1.165, 1.54) is 12.1 Å². The standard InChI is InChI=1S/C17H23FN2O2/c1-12(15(21)19-2)11-20-16(22)17(8-3-4-9-17)13-6-5-7-14(18)10-13/h5-7,10,12H,3-4,8-9,11H2,1-2H3,(H,19,21)(H,20,22)/t12-/m0/s1. The zero-order valence-electron chi connectivity index (χ0n) is 13.1. The van der Waals surface area contributed by atoms with Gasteiger partial charge < -0.3 is 10.6 Å². The van der Waals surface area contributed by atoms with Crippen molar-refractivity contribution in [3.05, 3.63) is 35.6 Å². The van der Waals surface area contributed by atoms with Gasteiger partial charge in [0.05, 0.1) is 11.3 Å². The molecule has 1 aliphatic rings. The molecule has 2 N–H and O–H groups in total. The fourth-order valence-corrected chi connectivity index (χ4v) is 3.17. The minimum Gasteiger partial charge on any atom is -0.359 e. The van der Waals surface area contributed by atoms with E-state index in [1.807, 2.05) is 6.07 Å². The molecule has 0 aromatic heterocycles. The lowest BCUT2D eigenvalue weighted by Gasteiger charge is -2.29. The van der Waals surface area contributed by atoms with Crippen LogP contribution in [0, 0.1) is 11.7 Å². The van der Waals surface area contributed by atoms with Gasteiger partial charge in [0, 0.05) is 13.6 Å². The van der Waals surface area contributed by atoms with E-state index in [0.717, 1.165) is 31.2 Å². The average molecular weight is 306 g/mol. The van der Waals surface area contributed by atoms with Crippen LogP contribution in [0.2, 0.25) is 0 Å². The third kappa shape index (κ3) is 3.29. The Labute approximate surface area is 130 Å². The maximum absolute atomic E-state index is 13.5. The lowest BCUT2D eigenvalue weighted by molar-refractivity contribution is -0.127. The Hall–Kier alpha value is -1.91. The molecule has 1 aromatic rings. The molecule has 0 aliphatic heterocycles. The van der Waals surface area contributed by atoms with Crippen LogP contribution in [0.4, 0.5) is 4.39 Å². The van der Waals surface area contributed by atoms with Crippen molar-refractivity contribution < 1.29 is 14.0 Å². The van der Waals surface area contributed by atoms with Crippen LogP contribution in [0.15, 0.2) is 24.3 Å². The number of carbonyl (C=O) groups excluding carboxylic acids is 2. The molecule has 1 saturated carbocycles. The molecule has 0 saturated heterocycles. The molecular weight excluding hydrogens is 283 g/mol. The summed E-state index contributed by atoms with van der Waals surface area (Å²) in [4.78, 5) is 24.3. The molecule has 0 bridgehead atoms. The van der Waals surface area contributed by atoms with Gasteiger partial charge in [-0.1, -0.05) is 31.9 Å². The third-order valence-corrected chi connectivity index (χ3v) is 4.53. The van der Waals surface area contributed by atoms with Gasteiger partial charge in [0.1, 0.15) is 5.82 Å². The summed E-state index contributed by atoms with van der Waals surface area (Å²) in [5.41, 5.74) is 0.0694. The first kappa shape index (κ1) is 16.5. The maximum Gasteiger partial charge on any atom is 0.230 e. The first-order chi connectivity index (χ1) is 10.5. The Morgan fingerprint density at radius 1 is 1.32 bits per heavy atom. The highest BCUT2D eigenvalue weighted by molar-refractivity contribution is 5.89. The van der Waals surface area contributed by atoms with E-state index in [9.17, 15) is 14.0 Å². The summed E-state index contributed by atoms with van der Waals surface area (Å²) in [6, 6.07) is 6.30. The highest BCUT2D eigenvalue weighted by atomic mass is 19.1. The van der Waals surface area contributed by atoms with E-state index in [0.29, 0.717) is 0 Å². The van der Waals surface area contributed by atoms with Crippen LogP contribution in [0.1, 0.15) is 38.2 Å². The highest BCUT2D eigenvalue weighted by Gasteiger charge is 2.42. The molecule has 1 fully saturated rings. The Morgan fingerprint density at radius 2 is 2.00 bits per heavy atom. The van der Waals surface area contributed by atoms with Gasteiger partial charge in [0.25, 0.3) is 0 Å². The molecule has 5 heteroatoms. The molecule has 0 unspecified atom stereocenters. The zero-order valence-corrected chi connectivity index (χ0v) is 13.1. The minimum atomic E-state index is -0.662. The molecule has 4 nitrogen and oxygen atoms in total. The maximum atomic E-state index is 13.5. The third-order valence-electron chi connectivity index (χ3n) is 4.53.